The summed E-state index contributed by atoms with van der Waals surface area (Å²) < 4.78 is 34.2. The van der Waals surface area contributed by atoms with Gasteiger partial charge in [0.2, 0.25) is 0 Å². The normalized spacial score (nSPS) is 11.5. The monoisotopic (exact) mass is 459 g/mol. The fraction of sp³-hybridized carbons (Fsp3) is 0.714. The molecule has 31 heavy (non-hydrogen) atoms. The van der Waals surface area contributed by atoms with Crippen LogP contribution >= 0.6 is 0 Å². The van der Waals surface area contributed by atoms with E-state index in [4.69, 9.17) is 27.5 Å². The maximum atomic E-state index is 11.5. The van der Waals surface area contributed by atoms with E-state index in [2.05, 4.69) is 0 Å². The predicted molar refractivity (Wildman–Crippen MR) is 120 cm³/mol. The van der Waals surface area contributed by atoms with Crippen LogP contribution in [0.4, 0.5) is 5.69 Å². The molecule has 0 aliphatic carbocycles. The van der Waals surface area contributed by atoms with Crippen molar-refractivity contribution < 1.29 is 32.4 Å². The van der Waals surface area contributed by atoms with Crippen molar-refractivity contribution in [3.63, 3.8) is 0 Å². The lowest BCUT2D eigenvalue weighted by molar-refractivity contribution is -0.386. The van der Waals surface area contributed by atoms with Crippen molar-refractivity contribution in [1.29, 1.82) is 0 Å². The molecule has 0 fully saturated rings. The van der Waals surface area contributed by atoms with Gasteiger partial charge in [-0.15, -0.1) is 0 Å². The number of rotatable bonds is 18. The van der Waals surface area contributed by atoms with Gasteiger partial charge in [-0.05, 0) is 46.1 Å². The van der Waals surface area contributed by atoms with Gasteiger partial charge in [-0.1, -0.05) is 6.92 Å². The van der Waals surface area contributed by atoms with Gasteiger partial charge in [0.1, 0.15) is 0 Å². The Morgan fingerprint density at radius 2 is 1.58 bits per heavy atom. The van der Waals surface area contributed by atoms with E-state index in [0.29, 0.717) is 56.1 Å². The Hall–Kier alpha value is -1.72. The van der Waals surface area contributed by atoms with Crippen LogP contribution in [0.1, 0.15) is 52.5 Å². The summed E-state index contributed by atoms with van der Waals surface area (Å²) in [5.41, 5.74) is 0.412. The molecule has 0 atom stereocenters. The molecular weight excluding hydrogens is 422 g/mol. The molecule has 0 spiro atoms. The van der Waals surface area contributed by atoms with E-state index in [0.717, 1.165) is 19.3 Å². The number of nitro groups is 1. The van der Waals surface area contributed by atoms with Gasteiger partial charge < -0.3 is 27.5 Å². The fourth-order valence-electron chi connectivity index (χ4n) is 3.09. The average molecular weight is 460 g/mol. The summed E-state index contributed by atoms with van der Waals surface area (Å²) in [5, 5.41) is 11.5. The Morgan fingerprint density at radius 1 is 0.935 bits per heavy atom. The lowest BCUT2D eigenvalue weighted by Crippen LogP contribution is -2.45. The van der Waals surface area contributed by atoms with Gasteiger partial charge in [-0.25, -0.2) is 0 Å². The molecule has 1 rings (SSSR count). The third-order valence-electron chi connectivity index (χ3n) is 4.40. The zero-order valence-electron chi connectivity index (χ0n) is 19.4. The SMILES string of the molecule is CCCOc1cc([N+](=O)[O-])c(COCCCC[Si](OCC)(OCC)OCC)cc1OC. The molecule has 9 nitrogen and oxygen atoms in total. The van der Waals surface area contributed by atoms with Gasteiger partial charge in [0.25, 0.3) is 5.69 Å². The minimum Gasteiger partial charge on any atom is -0.493 e. The third-order valence-corrected chi connectivity index (χ3v) is 7.55. The quantitative estimate of drug-likeness (QED) is 0.134. The van der Waals surface area contributed by atoms with E-state index in [-0.39, 0.29) is 12.3 Å². The number of hydrogen-bond donors (Lipinski definition) is 0. The Balaban J connectivity index is 2.65. The molecule has 0 saturated heterocycles. The number of nitro benzene ring substituents is 1. The molecular formula is C21H37NO8Si. The molecule has 0 aliphatic heterocycles. The van der Waals surface area contributed by atoms with E-state index in [1.54, 1.807) is 6.07 Å². The molecule has 0 bridgehead atoms. The van der Waals surface area contributed by atoms with Crippen molar-refractivity contribution in [2.75, 3.05) is 40.1 Å². The van der Waals surface area contributed by atoms with E-state index in [1.165, 1.54) is 13.2 Å². The second kappa shape index (κ2) is 15.1. The number of unbranched alkanes of at least 4 members (excludes halogenated alkanes) is 1. The molecule has 1 aromatic carbocycles. The minimum absolute atomic E-state index is 0.0395. The molecule has 178 valence electrons. The highest BCUT2D eigenvalue weighted by molar-refractivity contribution is 6.60. The van der Waals surface area contributed by atoms with E-state index < -0.39 is 13.7 Å². The molecule has 0 amide bonds. The van der Waals surface area contributed by atoms with Crippen LogP contribution in [0.5, 0.6) is 11.5 Å². The Morgan fingerprint density at radius 3 is 2.10 bits per heavy atom. The average Bonchev–Trinajstić information content (AvgIpc) is 2.75. The highest BCUT2D eigenvalue weighted by atomic mass is 28.4. The predicted octanol–water partition coefficient (Wildman–Crippen LogP) is 4.74. The highest BCUT2D eigenvalue weighted by Gasteiger charge is 2.39. The molecule has 0 saturated carbocycles. The molecule has 10 heteroatoms. The number of nitrogens with zero attached hydrogens (tertiary/aromatic N) is 1. The molecule has 0 aliphatic rings. The summed E-state index contributed by atoms with van der Waals surface area (Å²) in [6, 6.07) is 3.73. The summed E-state index contributed by atoms with van der Waals surface area (Å²) in [6.45, 7) is 10.4. The maximum Gasteiger partial charge on any atom is 0.500 e. The molecule has 0 heterocycles. The number of ether oxygens (including phenoxy) is 3. The topological polar surface area (TPSA) is 98.5 Å². The highest BCUT2D eigenvalue weighted by Crippen LogP contribution is 2.35. The van der Waals surface area contributed by atoms with Gasteiger partial charge in [0.15, 0.2) is 11.5 Å². The summed E-state index contributed by atoms with van der Waals surface area (Å²) in [6.07, 6.45) is 2.38. The van der Waals surface area contributed by atoms with Crippen LogP contribution in [0, 0.1) is 10.1 Å². The first-order valence-electron chi connectivity index (χ1n) is 10.9. The van der Waals surface area contributed by atoms with Gasteiger partial charge in [-0.2, -0.15) is 0 Å². The van der Waals surface area contributed by atoms with Crippen molar-refractivity contribution in [3.8, 4) is 11.5 Å². The third kappa shape index (κ3) is 9.12. The first-order chi connectivity index (χ1) is 15.0. The molecule has 1 aromatic rings. The summed E-state index contributed by atoms with van der Waals surface area (Å²) >= 11 is 0. The van der Waals surface area contributed by atoms with Gasteiger partial charge >= 0.3 is 8.80 Å². The van der Waals surface area contributed by atoms with Gasteiger partial charge in [0.05, 0.1) is 36.9 Å². The van der Waals surface area contributed by atoms with Crippen LogP contribution in [0.2, 0.25) is 6.04 Å². The zero-order chi connectivity index (χ0) is 23.1. The molecule has 0 aromatic heterocycles. The van der Waals surface area contributed by atoms with Crippen molar-refractivity contribution in [3.05, 3.63) is 27.8 Å². The number of hydrogen-bond acceptors (Lipinski definition) is 8. The fourth-order valence-corrected chi connectivity index (χ4v) is 5.78. The van der Waals surface area contributed by atoms with Gasteiger partial charge in [-0.3, -0.25) is 10.1 Å². The minimum atomic E-state index is -2.65. The largest absolute Gasteiger partial charge is 0.500 e. The Bertz CT molecular complexity index is 641. The first-order valence-corrected chi connectivity index (χ1v) is 12.9. The van der Waals surface area contributed by atoms with Crippen LogP contribution in [-0.4, -0.2) is 53.9 Å². The van der Waals surface area contributed by atoms with Crippen LogP contribution in [0.15, 0.2) is 12.1 Å². The van der Waals surface area contributed by atoms with Crippen molar-refractivity contribution >= 4 is 14.5 Å². The molecule has 0 unspecified atom stereocenters. The maximum absolute atomic E-state index is 11.5. The van der Waals surface area contributed by atoms with E-state index >= 15 is 0 Å². The zero-order valence-corrected chi connectivity index (χ0v) is 20.4. The number of benzene rings is 1. The summed E-state index contributed by atoms with van der Waals surface area (Å²) in [5.74, 6) is 0.822. The van der Waals surface area contributed by atoms with Crippen molar-refractivity contribution in [2.24, 2.45) is 0 Å². The summed E-state index contributed by atoms with van der Waals surface area (Å²) in [7, 11) is -1.14. The second-order valence-electron chi connectivity index (χ2n) is 6.73. The Kier molecular flexibility index (Phi) is 13.3. The van der Waals surface area contributed by atoms with E-state index in [9.17, 15) is 10.1 Å². The smallest absolute Gasteiger partial charge is 0.493 e. The van der Waals surface area contributed by atoms with Crippen molar-refractivity contribution in [2.45, 2.75) is 59.6 Å². The van der Waals surface area contributed by atoms with Crippen LogP contribution < -0.4 is 9.47 Å². The van der Waals surface area contributed by atoms with Crippen molar-refractivity contribution in [1.82, 2.24) is 0 Å². The van der Waals surface area contributed by atoms with Crippen LogP contribution in [0.3, 0.4) is 0 Å². The van der Waals surface area contributed by atoms with E-state index in [1.807, 2.05) is 27.7 Å². The number of methoxy groups -OCH3 is 1. The Labute approximate surface area is 186 Å². The summed E-state index contributed by atoms with van der Waals surface area (Å²) in [4.78, 5) is 11.1. The first kappa shape index (κ1) is 27.3. The standard InChI is InChI=1S/C21H37NO8Si/c1-6-12-27-21-16-19(22(23)24)18(15-20(21)25-5)17-26-13-10-11-14-31(28-7-2,29-8-3)30-9-4/h15-16H,6-14,17H2,1-5H3. The lowest BCUT2D eigenvalue weighted by atomic mass is 10.1. The molecule has 0 N–H and O–H groups in total. The lowest BCUT2D eigenvalue weighted by Gasteiger charge is -2.28. The van der Waals surface area contributed by atoms with Crippen LogP contribution in [-0.2, 0) is 24.6 Å². The van der Waals surface area contributed by atoms with Crippen LogP contribution in [0.25, 0.3) is 0 Å². The second-order valence-corrected chi connectivity index (χ2v) is 9.46. The van der Waals surface area contributed by atoms with Gasteiger partial charge in [0, 0.05) is 32.5 Å². The molecule has 0 radical (unpaired) electrons.